The number of fused-ring (bicyclic) bond motifs is 1. The number of carbonyl (C=O) groups is 1. The zero-order chi connectivity index (χ0) is 20.6. The maximum Gasteiger partial charge on any atom is 0.197 e. The summed E-state index contributed by atoms with van der Waals surface area (Å²) in [5, 5.41) is 17.7. The zero-order valence-corrected chi connectivity index (χ0v) is 17.5. The number of phenols is 1. The van der Waals surface area contributed by atoms with Crippen molar-refractivity contribution in [3.63, 3.8) is 0 Å². The second-order valence-corrected chi connectivity index (χ2v) is 8.58. The lowest BCUT2D eigenvalue weighted by Crippen LogP contribution is -2.58. The van der Waals surface area contributed by atoms with Crippen molar-refractivity contribution < 1.29 is 14.6 Å². The average Bonchev–Trinajstić information content (AvgIpc) is 2.60. The molecule has 5 heteroatoms. The van der Waals surface area contributed by atoms with E-state index >= 15 is 0 Å². The number of aryl methyl sites for hydroxylation is 2. The van der Waals surface area contributed by atoms with Crippen molar-refractivity contribution in [1.29, 1.82) is 0 Å². The predicted molar refractivity (Wildman–Crippen MR) is 112 cm³/mol. The van der Waals surface area contributed by atoms with Crippen molar-refractivity contribution in [2.45, 2.75) is 53.3 Å². The standard InChI is InChI=1S/C23H30N2O3/c1-13(2)12-24-22-23(5,6)25-19-17(28-22)11-10-16(21(19)27)20(26)18-14(3)8-7-9-15(18)4/h7-11,13,22,24-25,27H,12H2,1-6H3. The number of nitrogens with one attached hydrogen (secondary N) is 2. The van der Waals surface area contributed by atoms with E-state index in [0.29, 0.717) is 22.9 Å². The van der Waals surface area contributed by atoms with E-state index in [1.165, 1.54) is 0 Å². The van der Waals surface area contributed by atoms with Gasteiger partial charge in [-0.3, -0.25) is 10.1 Å². The SMILES string of the molecule is Cc1cccc(C)c1C(=O)c1ccc2c(c1O)NC(C)(C)C(NCC(C)C)O2. The lowest BCUT2D eigenvalue weighted by molar-refractivity contribution is 0.0915. The Morgan fingerprint density at radius 3 is 2.46 bits per heavy atom. The Labute approximate surface area is 167 Å². The molecule has 0 aliphatic carbocycles. The van der Waals surface area contributed by atoms with Crippen molar-refractivity contribution in [2.24, 2.45) is 5.92 Å². The molecule has 2 aromatic carbocycles. The molecule has 1 heterocycles. The molecule has 1 aliphatic rings. The summed E-state index contributed by atoms with van der Waals surface area (Å²) < 4.78 is 6.12. The molecule has 0 radical (unpaired) electrons. The number of rotatable bonds is 5. The molecule has 0 bridgehead atoms. The molecule has 150 valence electrons. The minimum atomic E-state index is -0.459. The number of benzene rings is 2. The van der Waals surface area contributed by atoms with Crippen LogP contribution in [-0.4, -0.2) is 29.2 Å². The van der Waals surface area contributed by atoms with Crippen LogP contribution in [0.3, 0.4) is 0 Å². The highest BCUT2D eigenvalue weighted by Gasteiger charge is 2.38. The van der Waals surface area contributed by atoms with Crippen LogP contribution in [0.15, 0.2) is 30.3 Å². The van der Waals surface area contributed by atoms with Gasteiger partial charge >= 0.3 is 0 Å². The first-order valence-corrected chi connectivity index (χ1v) is 9.77. The number of ketones is 1. The summed E-state index contributed by atoms with van der Waals surface area (Å²) in [6.07, 6.45) is -0.248. The molecule has 0 saturated carbocycles. The lowest BCUT2D eigenvalue weighted by Gasteiger charge is -2.42. The van der Waals surface area contributed by atoms with E-state index in [2.05, 4.69) is 24.5 Å². The highest BCUT2D eigenvalue weighted by molar-refractivity contribution is 6.13. The van der Waals surface area contributed by atoms with Gasteiger partial charge in [0.05, 0.1) is 11.1 Å². The van der Waals surface area contributed by atoms with Gasteiger partial charge in [-0.25, -0.2) is 0 Å². The summed E-state index contributed by atoms with van der Waals surface area (Å²) in [5.74, 6) is 0.777. The topological polar surface area (TPSA) is 70.6 Å². The molecular formula is C23H30N2O3. The van der Waals surface area contributed by atoms with E-state index in [1.54, 1.807) is 12.1 Å². The monoisotopic (exact) mass is 382 g/mol. The molecular weight excluding hydrogens is 352 g/mol. The van der Waals surface area contributed by atoms with Crippen molar-refractivity contribution in [1.82, 2.24) is 5.32 Å². The van der Waals surface area contributed by atoms with Crippen LogP contribution in [0, 0.1) is 19.8 Å². The third-order valence-electron chi connectivity index (χ3n) is 5.15. The molecule has 0 aromatic heterocycles. The van der Waals surface area contributed by atoms with Gasteiger partial charge < -0.3 is 15.2 Å². The Hall–Kier alpha value is -2.53. The Morgan fingerprint density at radius 1 is 1.21 bits per heavy atom. The first kappa shape index (κ1) is 20.2. The molecule has 0 saturated heterocycles. The Bertz CT molecular complexity index is 883. The normalized spacial score (nSPS) is 17.6. The van der Waals surface area contributed by atoms with Crippen molar-refractivity contribution in [2.75, 3.05) is 11.9 Å². The summed E-state index contributed by atoms with van der Waals surface area (Å²) >= 11 is 0. The summed E-state index contributed by atoms with van der Waals surface area (Å²) in [7, 11) is 0. The highest BCUT2D eigenvalue weighted by atomic mass is 16.5. The summed E-state index contributed by atoms with van der Waals surface area (Å²) in [6, 6.07) is 9.14. The largest absolute Gasteiger partial charge is 0.505 e. The van der Waals surface area contributed by atoms with Crippen LogP contribution in [0.5, 0.6) is 11.5 Å². The average molecular weight is 383 g/mol. The quantitative estimate of drug-likeness (QED) is 0.528. The summed E-state index contributed by atoms with van der Waals surface area (Å²) in [6.45, 7) is 12.9. The molecule has 0 amide bonds. The number of anilines is 1. The van der Waals surface area contributed by atoms with Gasteiger partial charge in [0.25, 0.3) is 0 Å². The maximum absolute atomic E-state index is 13.2. The predicted octanol–water partition coefficient (Wildman–Crippen LogP) is 4.39. The molecule has 0 fully saturated rings. The van der Waals surface area contributed by atoms with Gasteiger partial charge in [-0.2, -0.15) is 0 Å². The fourth-order valence-corrected chi connectivity index (χ4v) is 3.58. The van der Waals surface area contributed by atoms with Crippen LogP contribution < -0.4 is 15.4 Å². The van der Waals surface area contributed by atoms with E-state index in [9.17, 15) is 9.90 Å². The molecule has 3 N–H and O–H groups in total. The summed E-state index contributed by atoms with van der Waals surface area (Å²) in [5.41, 5.74) is 2.69. The van der Waals surface area contributed by atoms with E-state index in [1.807, 2.05) is 45.9 Å². The van der Waals surface area contributed by atoms with Crippen LogP contribution in [0.2, 0.25) is 0 Å². The molecule has 28 heavy (non-hydrogen) atoms. The molecule has 1 unspecified atom stereocenters. The molecule has 2 aromatic rings. The second kappa shape index (κ2) is 7.47. The molecule has 0 spiro atoms. The first-order chi connectivity index (χ1) is 13.1. The number of carbonyl (C=O) groups excluding carboxylic acids is 1. The second-order valence-electron chi connectivity index (χ2n) is 8.58. The van der Waals surface area contributed by atoms with Crippen LogP contribution in [-0.2, 0) is 0 Å². The first-order valence-electron chi connectivity index (χ1n) is 9.77. The number of hydrogen-bond donors (Lipinski definition) is 3. The smallest absolute Gasteiger partial charge is 0.197 e. The van der Waals surface area contributed by atoms with Gasteiger partial charge in [0.1, 0.15) is 11.4 Å². The fourth-order valence-electron chi connectivity index (χ4n) is 3.58. The Kier molecular flexibility index (Phi) is 5.39. The van der Waals surface area contributed by atoms with Gasteiger partial charge in [-0.15, -0.1) is 0 Å². The summed E-state index contributed by atoms with van der Waals surface area (Å²) in [4.78, 5) is 13.2. The lowest BCUT2D eigenvalue weighted by atomic mass is 9.93. The Balaban J connectivity index is 1.97. The molecule has 5 nitrogen and oxygen atoms in total. The number of ether oxygens (including phenoxy) is 1. The van der Waals surface area contributed by atoms with Gasteiger partial charge in [-0.05, 0) is 56.9 Å². The number of aromatic hydroxyl groups is 1. The minimum Gasteiger partial charge on any atom is -0.505 e. The van der Waals surface area contributed by atoms with Gasteiger partial charge in [0.2, 0.25) is 0 Å². The molecule has 1 aliphatic heterocycles. The van der Waals surface area contributed by atoms with Crippen molar-refractivity contribution in [3.05, 3.63) is 52.6 Å². The van der Waals surface area contributed by atoms with Gasteiger partial charge in [0, 0.05) is 12.1 Å². The van der Waals surface area contributed by atoms with Gasteiger partial charge in [-0.1, -0.05) is 32.0 Å². The van der Waals surface area contributed by atoms with Crippen LogP contribution in [0.25, 0.3) is 0 Å². The van der Waals surface area contributed by atoms with E-state index in [-0.39, 0.29) is 23.3 Å². The number of phenolic OH excluding ortho intramolecular Hbond substituents is 1. The van der Waals surface area contributed by atoms with E-state index < -0.39 is 5.54 Å². The van der Waals surface area contributed by atoms with Crippen LogP contribution >= 0.6 is 0 Å². The van der Waals surface area contributed by atoms with E-state index in [4.69, 9.17) is 4.74 Å². The van der Waals surface area contributed by atoms with Gasteiger partial charge in [0.15, 0.2) is 17.8 Å². The third-order valence-corrected chi connectivity index (χ3v) is 5.15. The van der Waals surface area contributed by atoms with Crippen molar-refractivity contribution in [3.8, 4) is 11.5 Å². The maximum atomic E-state index is 13.2. The van der Waals surface area contributed by atoms with Crippen LogP contribution in [0.1, 0.15) is 54.7 Å². The number of hydrogen-bond acceptors (Lipinski definition) is 5. The molecule has 3 rings (SSSR count). The Morgan fingerprint density at radius 2 is 1.86 bits per heavy atom. The van der Waals surface area contributed by atoms with Crippen LogP contribution in [0.4, 0.5) is 5.69 Å². The molecule has 1 atom stereocenters. The van der Waals surface area contributed by atoms with Crippen molar-refractivity contribution >= 4 is 11.5 Å². The highest BCUT2D eigenvalue weighted by Crippen LogP contribution is 2.43. The fraction of sp³-hybridized carbons (Fsp3) is 0.435. The zero-order valence-electron chi connectivity index (χ0n) is 17.5. The van der Waals surface area contributed by atoms with E-state index in [0.717, 1.165) is 17.7 Å². The minimum absolute atomic E-state index is 0.0689. The third kappa shape index (κ3) is 3.72.